The van der Waals surface area contributed by atoms with E-state index in [1.54, 1.807) is 6.92 Å². The lowest BCUT2D eigenvalue weighted by molar-refractivity contribution is -0.148. The Kier molecular flexibility index (Phi) is 5.52. The molecule has 0 saturated heterocycles. The number of ether oxygens (including phenoxy) is 1. The Hall–Kier alpha value is -1.39. The molecule has 0 aliphatic heterocycles. The molecule has 0 bridgehead atoms. The maximum atomic E-state index is 11.2. The minimum absolute atomic E-state index is 0.111. The predicted octanol–water partition coefficient (Wildman–Crippen LogP) is -0.0130. The van der Waals surface area contributed by atoms with Gasteiger partial charge in [-0.3, -0.25) is 14.4 Å². The molecule has 5 heteroatoms. The third-order valence-corrected chi connectivity index (χ3v) is 1.50. The van der Waals surface area contributed by atoms with E-state index < -0.39 is 5.97 Å². The van der Waals surface area contributed by atoms with Crippen LogP contribution in [0.3, 0.4) is 0 Å². The Labute approximate surface area is 83.0 Å². The lowest BCUT2D eigenvalue weighted by Gasteiger charge is -2.14. The van der Waals surface area contributed by atoms with E-state index in [2.05, 4.69) is 4.74 Å². The van der Waals surface area contributed by atoms with E-state index in [0.717, 1.165) is 0 Å². The fraction of sp³-hybridized carbons (Fsp3) is 0.667. The highest BCUT2D eigenvalue weighted by Crippen LogP contribution is 1.93. The summed E-state index contributed by atoms with van der Waals surface area (Å²) in [5.41, 5.74) is 0. The summed E-state index contributed by atoms with van der Waals surface area (Å²) in [6, 6.07) is 0. The second kappa shape index (κ2) is 6.12. The number of ketones is 1. The third-order valence-electron chi connectivity index (χ3n) is 1.50. The van der Waals surface area contributed by atoms with Gasteiger partial charge in [-0.2, -0.15) is 0 Å². The number of hydrogen-bond donors (Lipinski definition) is 0. The molecule has 0 aromatic carbocycles. The topological polar surface area (TPSA) is 63.7 Å². The minimum Gasteiger partial charge on any atom is -0.465 e. The monoisotopic (exact) mass is 201 g/mol. The van der Waals surface area contributed by atoms with Crippen molar-refractivity contribution in [2.24, 2.45) is 0 Å². The van der Waals surface area contributed by atoms with Crippen LogP contribution in [0.5, 0.6) is 0 Å². The molecule has 0 rings (SSSR count). The van der Waals surface area contributed by atoms with Crippen molar-refractivity contribution >= 4 is 17.7 Å². The number of esters is 1. The van der Waals surface area contributed by atoms with Crippen LogP contribution in [0.4, 0.5) is 0 Å². The molecule has 0 aromatic heterocycles. The van der Waals surface area contributed by atoms with Crippen molar-refractivity contribution in [1.82, 2.24) is 4.90 Å². The van der Waals surface area contributed by atoms with Gasteiger partial charge in [-0.05, 0) is 13.8 Å². The number of hydrogen-bond acceptors (Lipinski definition) is 4. The van der Waals surface area contributed by atoms with Crippen molar-refractivity contribution in [2.75, 3.05) is 20.2 Å². The van der Waals surface area contributed by atoms with Crippen LogP contribution in [-0.4, -0.2) is 42.8 Å². The first-order chi connectivity index (χ1) is 6.47. The zero-order chi connectivity index (χ0) is 11.1. The number of likely N-dealkylation sites (N-methyl/N-ethyl adjacent to an activating group) is 1. The summed E-state index contributed by atoms with van der Waals surface area (Å²) < 4.78 is 4.65. The van der Waals surface area contributed by atoms with Crippen LogP contribution in [0, 0.1) is 0 Å². The molecule has 0 unspecified atom stereocenters. The number of amides is 1. The van der Waals surface area contributed by atoms with Gasteiger partial charge >= 0.3 is 5.97 Å². The predicted molar refractivity (Wildman–Crippen MR) is 49.6 cm³/mol. The van der Waals surface area contributed by atoms with Crippen LogP contribution in [0.25, 0.3) is 0 Å². The molecule has 1 amide bonds. The Balaban J connectivity index is 3.94. The Bertz CT molecular complexity index is 237. The van der Waals surface area contributed by atoms with Crippen LogP contribution >= 0.6 is 0 Å². The number of nitrogens with zero attached hydrogens (tertiary/aromatic N) is 1. The standard InChI is InChI=1S/C9H15NO4/c1-4-14-9(13)6-10(3)8(12)5-7(2)11/h4-6H2,1-3H3. The van der Waals surface area contributed by atoms with Gasteiger partial charge in [-0.15, -0.1) is 0 Å². The summed E-state index contributed by atoms with van der Waals surface area (Å²) in [5, 5.41) is 0. The highest BCUT2D eigenvalue weighted by atomic mass is 16.5. The molecule has 0 heterocycles. The van der Waals surface area contributed by atoms with Crippen molar-refractivity contribution < 1.29 is 19.1 Å². The average molecular weight is 201 g/mol. The van der Waals surface area contributed by atoms with Crippen molar-refractivity contribution in [3.05, 3.63) is 0 Å². The molecule has 14 heavy (non-hydrogen) atoms. The fourth-order valence-corrected chi connectivity index (χ4v) is 0.836. The third kappa shape index (κ3) is 5.29. The quantitative estimate of drug-likeness (QED) is 0.463. The van der Waals surface area contributed by atoms with Crippen LogP contribution in [0.2, 0.25) is 0 Å². The fourth-order valence-electron chi connectivity index (χ4n) is 0.836. The largest absolute Gasteiger partial charge is 0.465 e. The molecule has 0 aliphatic carbocycles. The lowest BCUT2D eigenvalue weighted by atomic mass is 10.3. The van der Waals surface area contributed by atoms with Crippen LogP contribution in [-0.2, 0) is 19.1 Å². The Morgan fingerprint density at radius 1 is 1.29 bits per heavy atom. The van der Waals surface area contributed by atoms with Gasteiger partial charge in [0.05, 0.1) is 13.0 Å². The maximum absolute atomic E-state index is 11.2. The van der Waals surface area contributed by atoms with Crippen molar-refractivity contribution in [1.29, 1.82) is 0 Å². The average Bonchev–Trinajstić information content (AvgIpc) is 2.02. The molecule has 0 fully saturated rings. The normalized spacial score (nSPS) is 9.36. The van der Waals surface area contributed by atoms with Crippen LogP contribution in [0.1, 0.15) is 20.3 Å². The second-order valence-electron chi connectivity index (χ2n) is 2.93. The molecule has 80 valence electrons. The summed E-state index contributed by atoms with van der Waals surface area (Å²) >= 11 is 0. The summed E-state index contributed by atoms with van der Waals surface area (Å²) in [5.74, 6) is -1.05. The van der Waals surface area contributed by atoms with Crippen molar-refractivity contribution in [3.8, 4) is 0 Å². The number of rotatable bonds is 5. The number of Topliss-reactive ketones (excluding diaryl/α,β-unsaturated/α-hetero) is 1. The summed E-state index contributed by atoms with van der Waals surface area (Å²) in [6.45, 7) is 3.19. The zero-order valence-electron chi connectivity index (χ0n) is 8.70. The smallest absolute Gasteiger partial charge is 0.325 e. The molecule has 0 spiro atoms. The van der Waals surface area contributed by atoms with E-state index in [1.165, 1.54) is 18.9 Å². The van der Waals surface area contributed by atoms with Gasteiger partial charge in [0, 0.05) is 7.05 Å². The molecule has 0 N–H and O–H groups in total. The van der Waals surface area contributed by atoms with Gasteiger partial charge in [-0.25, -0.2) is 0 Å². The molecule has 0 aromatic rings. The SMILES string of the molecule is CCOC(=O)CN(C)C(=O)CC(C)=O. The molecule has 0 aliphatic rings. The van der Waals surface area contributed by atoms with E-state index in [0.29, 0.717) is 0 Å². The number of carbonyl (C=O) groups is 3. The van der Waals surface area contributed by atoms with Gasteiger partial charge in [0.1, 0.15) is 12.3 Å². The van der Waals surface area contributed by atoms with Gasteiger partial charge in [0.25, 0.3) is 0 Å². The van der Waals surface area contributed by atoms with Gasteiger partial charge in [0.2, 0.25) is 5.91 Å². The first-order valence-electron chi connectivity index (χ1n) is 4.36. The highest BCUT2D eigenvalue weighted by molar-refractivity contribution is 5.97. The van der Waals surface area contributed by atoms with Crippen molar-refractivity contribution in [2.45, 2.75) is 20.3 Å². The molecule has 0 atom stereocenters. The molecular formula is C9H15NO4. The van der Waals surface area contributed by atoms with E-state index in [4.69, 9.17) is 0 Å². The molecular weight excluding hydrogens is 186 g/mol. The lowest BCUT2D eigenvalue weighted by Crippen LogP contribution is -2.33. The Morgan fingerprint density at radius 3 is 2.29 bits per heavy atom. The van der Waals surface area contributed by atoms with E-state index in [1.807, 2.05) is 0 Å². The van der Waals surface area contributed by atoms with Gasteiger partial charge in [0.15, 0.2) is 0 Å². The van der Waals surface area contributed by atoms with Crippen LogP contribution in [0.15, 0.2) is 0 Å². The van der Waals surface area contributed by atoms with Gasteiger partial charge < -0.3 is 9.64 Å². The van der Waals surface area contributed by atoms with E-state index >= 15 is 0 Å². The second-order valence-corrected chi connectivity index (χ2v) is 2.93. The summed E-state index contributed by atoms with van der Waals surface area (Å²) in [7, 11) is 1.46. The zero-order valence-corrected chi connectivity index (χ0v) is 8.70. The molecule has 0 radical (unpaired) electrons. The first kappa shape index (κ1) is 12.6. The molecule has 5 nitrogen and oxygen atoms in total. The highest BCUT2D eigenvalue weighted by Gasteiger charge is 2.14. The van der Waals surface area contributed by atoms with Crippen molar-refractivity contribution in [3.63, 3.8) is 0 Å². The number of carbonyl (C=O) groups excluding carboxylic acids is 3. The minimum atomic E-state index is -0.466. The summed E-state index contributed by atoms with van der Waals surface area (Å²) in [6.07, 6.45) is -0.171. The van der Waals surface area contributed by atoms with Crippen LogP contribution < -0.4 is 0 Å². The first-order valence-corrected chi connectivity index (χ1v) is 4.36. The van der Waals surface area contributed by atoms with E-state index in [9.17, 15) is 14.4 Å². The van der Waals surface area contributed by atoms with E-state index in [-0.39, 0.29) is 31.3 Å². The molecule has 0 saturated carbocycles. The summed E-state index contributed by atoms with van der Waals surface area (Å²) in [4.78, 5) is 33.9. The maximum Gasteiger partial charge on any atom is 0.325 e. The Morgan fingerprint density at radius 2 is 1.86 bits per heavy atom. The van der Waals surface area contributed by atoms with Gasteiger partial charge in [-0.1, -0.05) is 0 Å².